The van der Waals surface area contributed by atoms with Gasteiger partial charge in [-0.05, 0) is 81.8 Å². The minimum absolute atomic E-state index is 0.117. The highest BCUT2D eigenvalue weighted by molar-refractivity contribution is 6.32. The number of piperidine rings is 2. The molecule has 2 fully saturated rings. The molecule has 2 heterocycles. The maximum atomic E-state index is 12.8. The summed E-state index contributed by atoms with van der Waals surface area (Å²) in [6, 6.07) is 3.78. The molecule has 0 aromatic heterocycles. The van der Waals surface area contributed by atoms with Crippen molar-refractivity contribution in [2.75, 3.05) is 39.3 Å². The van der Waals surface area contributed by atoms with Gasteiger partial charge in [0.15, 0.2) is 0 Å². The number of ether oxygens (including phenoxy) is 1. The van der Waals surface area contributed by atoms with Crippen molar-refractivity contribution in [3.8, 4) is 5.75 Å². The number of likely N-dealkylation sites (tertiary alicyclic amines) is 2. The molecule has 0 radical (unpaired) electrons. The van der Waals surface area contributed by atoms with Crippen LogP contribution in [0.15, 0.2) is 12.1 Å². The summed E-state index contributed by atoms with van der Waals surface area (Å²) in [6.07, 6.45) is 3.75. The Kier molecular flexibility index (Phi) is 6.89. The van der Waals surface area contributed by atoms with Gasteiger partial charge >= 0.3 is 0 Å². The molecule has 3 rings (SSSR count). The van der Waals surface area contributed by atoms with E-state index in [-0.39, 0.29) is 12.5 Å². The molecule has 1 N–H and O–H groups in total. The van der Waals surface area contributed by atoms with E-state index in [1.54, 1.807) is 0 Å². The quantitative estimate of drug-likeness (QED) is 0.811. The number of carbonyl (C=O) groups excluding carboxylic acids is 1. The highest BCUT2D eigenvalue weighted by atomic mass is 35.5. The second kappa shape index (κ2) is 9.02. The zero-order valence-electron chi connectivity index (χ0n) is 17.3. The third-order valence-electron chi connectivity index (χ3n) is 6.06. The van der Waals surface area contributed by atoms with Crippen molar-refractivity contribution in [2.45, 2.75) is 52.1 Å². The molecule has 156 valence electrons. The number of nitrogens with zero attached hydrogens (tertiary/aromatic N) is 2. The number of carbonyl (C=O) groups is 1. The Morgan fingerprint density at radius 1 is 1.25 bits per heavy atom. The number of hydrogen-bond acceptors (Lipinski definition) is 4. The van der Waals surface area contributed by atoms with Crippen LogP contribution in [0.2, 0.25) is 5.02 Å². The van der Waals surface area contributed by atoms with E-state index in [1.807, 2.05) is 30.9 Å². The van der Waals surface area contributed by atoms with Gasteiger partial charge in [0.1, 0.15) is 18.0 Å². The van der Waals surface area contributed by atoms with Crippen molar-refractivity contribution in [2.24, 2.45) is 5.92 Å². The third kappa shape index (κ3) is 5.40. The maximum Gasteiger partial charge on any atom is 0.236 e. The van der Waals surface area contributed by atoms with Crippen LogP contribution in [-0.4, -0.2) is 65.7 Å². The van der Waals surface area contributed by atoms with Crippen molar-refractivity contribution < 1.29 is 14.6 Å². The van der Waals surface area contributed by atoms with Crippen LogP contribution in [0.3, 0.4) is 0 Å². The Morgan fingerprint density at radius 3 is 2.54 bits per heavy atom. The standard InChI is InChI=1S/C22H33ClN2O3/c1-16-5-9-24(10-6-16)13-20(26)25-8-4-7-22(27,14-25)15-28-19-11-17(2)21(23)18(3)12-19/h11-12,16,27H,4-10,13-15H2,1-3H3. The molecule has 0 bridgehead atoms. The SMILES string of the molecule is Cc1cc(OCC2(O)CCCN(C(=O)CN3CCC(C)CC3)C2)cc(C)c1Cl. The monoisotopic (exact) mass is 408 g/mol. The van der Waals surface area contributed by atoms with Gasteiger partial charge in [0, 0.05) is 11.6 Å². The largest absolute Gasteiger partial charge is 0.491 e. The molecule has 1 atom stereocenters. The summed E-state index contributed by atoms with van der Waals surface area (Å²) in [5.74, 6) is 1.58. The van der Waals surface area contributed by atoms with Gasteiger partial charge in [-0.15, -0.1) is 0 Å². The topological polar surface area (TPSA) is 53.0 Å². The van der Waals surface area contributed by atoms with Crippen molar-refractivity contribution in [3.05, 3.63) is 28.3 Å². The lowest BCUT2D eigenvalue weighted by Gasteiger charge is -2.40. The van der Waals surface area contributed by atoms with Gasteiger partial charge in [-0.2, -0.15) is 0 Å². The third-order valence-corrected chi connectivity index (χ3v) is 6.66. The summed E-state index contributed by atoms with van der Waals surface area (Å²) >= 11 is 6.21. The number of β-amino-alcohol motifs (C(OH)–C–C–N with tert-alkyl or cyclic N) is 1. The zero-order valence-corrected chi connectivity index (χ0v) is 18.1. The summed E-state index contributed by atoms with van der Waals surface area (Å²) in [6.45, 7) is 9.82. The van der Waals surface area contributed by atoms with E-state index < -0.39 is 5.60 Å². The first-order chi connectivity index (χ1) is 13.3. The van der Waals surface area contributed by atoms with Gasteiger partial charge in [-0.25, -0.2) is 0 Å². The Bertz CT molecular complexity index is 680. The molecule has 2 aliphatic rings. The van der Waals surface area contributed by atoms with Crippen molar-refractivity contribution in [3.63, 3.8) is 0 Å². The molecule has 2 saturated heterocycles. The summed E-state index contributed by atoms with van der Waals surface area (Å²) in [5, 5.41) is 11.8. The van der Waals surface area contributed by atoms with E-state index in [4.69, 9.17) is 16.3 Å². The van der Waals surface area contributed by atoms with Gasteiger partial charge in [0.2, 0.25) is 5.91 Å². The lowest BCUT2D eigenvalue weighted by Crippen LogP contribution is -2.55. The zero-order chi connectivity index (χ0) is 20.3. The first-order valence-corrected chi connectivity index (χ1v) is 10.8. The van der Waals surface area contributed by atoms with Crippen LogP contribution in [0.4, 0.5) is 0 Å². The van der Waals surface area contributed by atoms with E-state index in [0.29, 0.717) is 31.8 Å². The summed E-state index contributed by atoms with van der Waals surface area (Å²) in [7, 11) is 0. The van der Waals surface area contributed by atoms with Crippen LogP contribution in [0.25, 0.3) is 0 Å². The summed E-state index contributed by atoms with van der Waals surface area (Å²) in [4.78, 5) is 16.8. The second-order valence-corrected chi connectivity index (χ2v) is 9.14. The first kappa shape index (κ1) is 21.4. The highest BCUT2D eigenvalue weighted by Crippen LogP contribution is 2.28. The van der Waals surface area contributed by atoms with Gasteiger partial charge in [-0.3, -0.25) is 9.69 Å². The smallest absolute Gasteiger partial charge is 0.236 e. The number of benzene rings is 1. The molecule has 6 heteroatoms. The normalized spacial score (nSPS) is 24.4. The fourth-order valence-electron chi connectivity index (χ4n) is 4.16. The average molecular weight is 409 g/mol. The molecular weight excluding hydrogens is 376 g/mol. The Balaban J connectivity index is 1.54. The molecule has 2 aliphatic heterocycles. The van der Waals surface area contributed by atoms with E-state index in [0.717, 1.165) is 54.4 Å². The van der Waals surface area contributed by atoms with Crippen LogP contribution >= 0.6 is 11.6 Å². The van der Waals surface area contributed by atoms with E-state index in [1.165, 1.54) is 0 Å². The van der Waals surface area contributed by atoms with E-state index in [2.05, 4.69) is 11.8 Å². The van der Waals surface area contributed by atoms with Crippen molar-refractivity contribution in [1.29, 1.82) is 0 Å². The second-order valence-electron chi connectivity index (χ2n) is 8.76. The van der Waals surface area contributed by atoms with Crippen LogP contribution in [0, 0.1) is 19.8 Å². The lowest BCUT2D eigenvalue weighted by atomic mass is 9.93. The molecule has 0 aliphatic carbocycles. The molecule has 1 amide bonds. The predicted octanol–water partition coefficient (Wildman–Crippen LogP) is 3.42. The van der Waals surface area contributed by atoms with Crippen LogP contribution in [0.5, 0.6) is 5.75 Å². The minimum Gasteiger partial charge on any atom is -0.491 e. The fourth-order valence-corrected chi connectivity index (χ4v) is 4.27. The molecular formula is C22H33ClN2O3. The van der Waals surface area contributed by atoms with Crippen LogP contribution in [-0.2, 0) is 4.79 Å². The number of rotatable bonds is 5. The molecule has 5 nitrogen and oxygen atoms in total. The van der Waals surface area contributed by atoms with Crippen molar-refractivity contribution in [1.82, 2.24) is 9.80 Å². The molecule has 1 aromatic rings. The predicted molar refractivity (Wildman–Crippen MR) is 112 cm³/mol. The van der Waals surface area contributed by atoms with Crippen LogP contribution in [0.1, 0.15) is 43.7 Å². The summed E-state index contributed by atoms with van der Waals surface area (Å²) in [5.41, 5.74) is 0.908. The van der Waals surface area contributed by atoms with Gasteiger partial charge in [0.25, 0.3) is 0 Å². The van der Waals surface area contributed by atoms with Crippen molar-refractivity contribution >= 4 is 17.5 Å². The van der Waals surface area contributed by atoms with Crippen LogP contribution < -0.4 is 4.74 Å². The average Bonchev–Trinajstić information content (AvgIpc) is 2.66. The Hall–Kier alpha value is -1.30. The maximum absolute atomic E-state index is 12.8. The van der Waals surface area contributed by atoms with Gasteiger partial charge in [0.05, 0.1) is 13.1 Å². The molecule has 1 unspecified atom stereocenters. The molecule has 28 heavy (non-hydrogen) atoms. The Morgan fingerprint density at radius 2 is 1.89 bits per heavy atom. The number of halogens is 1. The summed E-state index contributed by atoms with van der Waals surface area (Å²) < 4.78 is 5.90. The van der Waals surface area contributed by atoms with E-state index in [9.17, 15) is 9.90 Å². The Labute approximate surface area is 173 Å². The number of aliphatic hydroxyl groups is 1. The fraction of sp³-hybridized carbons (Fsp3) is 0.682. The van der Waals surface area contributed by atoms with Gasteiger partial charge < -0.3 is 14.7 Å². The molecule has 1 aromatic carbocycles. The molecule has 0 saturated carbocycles. The van der Waals surface area contributed by atoms with Gasteiger partial charge in [-0.1, -0.05) is 18.5 Å². The van der Waals surface area contributed by atoms with E-state index >= 15 is 0 Å². The lowest BCUT2D eigenvalue weighted by molar-refractivity contribution is -0.141. The number of hydrogen-bond donors (Lipinski definition) is 1. The molecule has 0 spiro atoms. The highest BCUT2D eigenvalue weighted by Gasteiger charge is 2.36. The number of aryl methyl sites for hydroxylation is 2. The first-order valence-electron chi connectivity index (χ1n) is 10.4. The minimum atomic E-state index is -1.01. The number of amides is 1.